The zero-order chi connectivity index (χ0) is 14.4. The summed E-state index contributed by atoms with van der Waals surface area (Å²) in [6.45, 7) is -1.95. The Morgan fingerprint density at radius 1 is 1.40 bits per heavy atom. The Morgan fingerprint density at radius 2 is 2.25 bits per heavy atom. The van der Waals surface area contributed by atoms with E-state index in [4.69, 9.17) is 11.6 Å². The molecule has 0 aliphatic carbocycles. The normalized spacial score (nSPS) is 11.0. The fraction of sp³-hybridized carbons (Fsp3) is 0.333. The van der Waals surface area contributed by atoms with E-state index < -0.39 is 6.61 Å². The predicted molar refractivity (Wildman–Crippen MR) is 67.8 cm³/mol. The highest BCUT2D eigenvalue weighted by atomic mass is 35.5. The molecule has 1 N–H and O–H groups in total. The van der Waals surface area contributed by atoms with Gasteiger partial charge in [-0.2, -0.15) is 13.8 Å². The van der Waals surface area contributed by atoms with Crippen molar-refractivity contribution in [1.82, 2.24) is 15.5 Å². The fourth-order valence-corrected chi connectivity index (χ4v) is 1.82. The summed E-state index contributed by atoms with van der Waals surface area (Å²) in [5, 5.41) is 7.20. The molecular weight excluding hydrogens is 292 g/mol. The number of rotatable bonds is 7. The molecule has 1 aromatic heterocycles. The molecule has 0 saturated carbocycles. The van der Waals surface area contributed by atoms with Gasteiger partial charge in [-0.1, -0.05) is 16.8 Å². The lowest BCUT2D eigenvalue weighted by Gasteiger charge is -2.11. The molecule has 0 aliphatic heterocycles. The van der Waals surface area contributed by atoms with Crippen molar-refractivity contribution in [2.75, 3.05) is 6.54 Å². The van der Waals surface area contributed by atoms with Gasteiger partial charge in [0.15, 0.2) is 5.82 Å². The van der Waals surface area contributed by atoms with Gasteiger partial charge in [-0.05, 0) is 18.2 Å². The predicted octanol–water partition coefficient (Wildman–Crippen LogP) is 2.66. The summed E-state index contributed by atoms with van der Waals surface area (Å²) < 4.78 is 33.6. The maximum atomic E-state index is 12.3. The van der Waals surface area contributed by atoms with Crippen LogP contribution in [0.15, 0.2) is 29.1 Å². The first-order chi connectivity index (χ1) is 9.65. The molecule has 0 fully saturated rings. The zero-order valence-corrected chi connectivity index (χ0v) is 11.1. The van der Waals surface area contributed by atoms with Crippen LogP contribution in [-0.2, 0) is 13.0 Å². The Labute approximate surface area is 118 Å². The third-order valence-electron chi connectivity index (χ3n) is 2.49. The van der Waals surface area contributed by atoms with E-state index >= 15 is 0 Å². The SMILES string of the molecule is FC(F)Oc1ccc(Cl)cc1CNCCc1ncon1. The number of halogens is 3. The average Bonchev–Trinajstić information content (AvgIpc) is 2.90. The number of alkyl halides is 2. The van der Waals surface area contributed by atoms with Crippen LogP contribution in [0.5, 0.6) is 5.75 Å². The molecule has 0 spiro atoms. The van der Waals surface area contributed by atoms with Gasteiger partial charge in [0.2, 0.25) is 6.39 Å². The van der Waals surface area contributed by atoms with E-state index in [-0.39, 0.29) is 5.75 Å². The fourth-order valence-electron chi connectivity index (χ4n) is 1.62. The quantitative estimate of drug-likeness (QED) is 0.797. The molecule has 0 saturated heterocycles. The lowest BCUT2D eigenvalue weighted by Crippen LogP contribution is -2.18. The molecule has 0 amide bonds. The minimum atomic E-state index is -2.87. The van der Waals surface area contributed by atoms with Crippen molar-refractivity contribution in [2.45, 2.75) is 19.6 Å². The number of hydrogen-bond donors (Lipinski definition) is 1. The maximum absolute atomic E-state index is 12.3. The number of nitrogens with one attached hydrogen (secondary N) is 1. The Bertz CT molecular complexity index is 538. The van der Waals surface area contributed by atoms with Crippen LogP contribution in [0.2, 0.25) is 5.02 Å². The molecule has 2 aromatic rings. The minimum Gasteiger partial charge on any atom is -0.434 e. The van der Waals surface area contributed by atoms with Crippen LogP contribution in [0.1, 0.15) is 11.4 Å². The van der Waals surface area contributed by atoms with Crippen molar-refractivity contribution in [3.63, 3.8) is 0 Å². The van der Waals surface area contributed by atoms with E-state index in [2.05, 4.69) is 24.7 Å². The van der Waals surface area contributed by atoms with Crippen LogP contribution in [0.25, 0.3) is 0 Å². The van der Waals surface area contributed by atoms with E-state index in [0.717, 1.165) is 0 Å². The topological polar surface area (TPSA) is 60.2 Å². The summed E-state index contributed by atoms with van der Waals surface area (Å²) in [6.07, 6.45) is 1.82. The molecule has 2 rings (SSSR count). The molecule has 108 valence electrons. The van der Waals surface area contributed by atoms with Gasteiger partial charge >= 0.3 is 6.61 Å². The molecule has 0 bridgehead atoms. The van der Waals surface area contributed by atoms with Gasteiger partial charge in [0.1, 0.15) is 5.75 Å². The van der Waals surface area contributed by atoms with E-state index in [0.29, 0.717) is 35.9 Å². The Kier molecular flexibility index (Phi) is 5.25. The molecule has 0 unspecified atom stereocenters. The highest BCUT2D eigenvalue weighted by molar-refractivity contribution is 6.30. The Morgan fingerprint density at radius 3 is 2.95 bits per heavy atom. The van der Waals surface area contributed by atoms with Crippen LogP contribution in [-0.4, -0.2) is 23.3 Å². The number of benzene rings is 1. The number of aromatic nitrogens is 2. The molecule has 0 aliphatic rings. The number of ether oxygens (including phenoxy) is 1. The summed E-state index contributed by atoms with van der Waals surface area (Å²) in [6, 6.07) is 4.51. The first kappa shape index (κ1) is 14.7. The zero-order valence-electron chi connectivity index (χ0n) is 10.4. The van der Waals surface area contributed by atoms with Crippen molar-refractivity contribution >= 4 is 11.6 Å². The van der Waals surface area contributed by atoms with E-state index in [1.54, 1.807) is 6.07 Å². The molecular formula is C12H12ClF2N3O2. The van der Waals surface area contributed by atoms with Gasteiger partial charge < -0.3 is 14.6 Å². The summed E-state index contributed by atoms with van der Waals surface area (Å²) >= 11 is 5.84. The smallest absolute Gasteiger partial charge is 0.387 e. The molecule has 8 heteroatoms. The largest absolute Gasteiger partial charge is 0.434 e. The van der Waals surface area contributed by atoms with Gasteiger partial charge in [0, 0.05) is 30.1 Å². The van der Waals surface area contributed by atoms with Crippen molar-refractivity contribution in [2.24, 2.45) is 0 Å². The van der Waals surface area contributed by atoms with Crippen molar-refractivity contribution < 1.29 is 18.0 Å². The summed E-state index contributed by atoms with van der Waals surface area (Å²) in [5.41, 5.74) is 0.561. The van der Waals surface area contributed by atoms with E-state index in [9.17, 15) is 8.78 Å². The van der Waals surface area contributed by atoms with Crippen LogP contribution >= 0.6 is 11.6 Å². The van der Waals surface area contributed by atoms with E-state index in [1.165, 1.54) is 18.5 Å². The summed E-state index contributed by atoms with van der Waals surface area (Å²) in [5.74, 6) is 0.684. The maximum Gasteiger partial charge on any atom is 0.387 e. The average molecular weight is 304 g/mol. The highest BCUT2D eigenvalue weighted by Gasteiger charge is 2.10. The molecule has 1 aromatic carbocycles. The molecule has 0 atom stereocenters. The van der Waals surface area contributed by atoms with Gasteiger partial charge in [0.25, 0.3) is 0 Å². The lowest BCUT2D eigenvalue weighted by molar-refractivity contribution is -0.0504. The second-order valence-electron chi connectivity index (χ2n) is 3.90. The first-order valence-electron chi connectivity index (χ1n) is 5.84. The second kappa shape index (κ2) is 7.16. The van der Waals surface area contributed by atoms with Crippen molar-refractivity contribution in [3.05, 3.63) is 41.0 Å². The van der Waals surface area contributed by atoms with Gasteiger partial charge in [-0.3, -0.25) is 0 Å². The van der Waals surface area contributed by atoms with Crippen LogP contribution in [0.4, 0.5) is 8.78 Å². The molecule has 1 heterocycles. The first-order valence-corrected chi connectivity index (χ1v) is 6.22. The van der Waals surface area contributed by atoms with Crippen LogP contribution in [0.3, 0.4) is 0 Å². The summed E-state index contributed by atoms with van der Waals surface area (Å²) in [7, 11) is 0. The minimum absolute atomic E-state index is 0.108. The van der Waals surface area contributed by atoms with Gasteiger partial charge in [-0.25, -0.2) is 0 Å². The molecule has 5 nitrogen and oxygen atoms in total. The Hall–Kier alpha value is -1.73. The van der Waals surface area contributed by atoms with Crippen LogP contribution in [0, 0.1) is 0 Å². The molecule has 0 radical (unpaired) electrons. The Balaban J connectivity index is 1.88. The number of hydrogen-bond acceptors (Lipinski definition) is 5. The lowest BCUT2D eigenvalue weighted by atomic mass is 10.2. The van der Waals surface area contributed by atoms with Crippen molar-refractivity contribution in [1.29, 1.82) is 0 Å². The standard InChI is InChI=1S/C12H12ClF2N3O2/c13-9-1-2-10(20-12(14)15)8(5-9)6-16-4-3-11-17-7-19-18-11/h1-2,5,7,12,16H,3-4,6H2. The highest BCUT2D eigenvalue weighted by Crippen LogP contribution is 2.24. The number of nitrogens with zero attached hydrogens (tertiary/aromatic N) is 2. The third kappa shape index (κ3) is 4.43. The van der Waals surface area contributed by atoms with Crippen molar-refractivity contribution in [3.8, 4) is 5.75 Å². The van der Waals surface area contributed by atoms with Gasteiger partial charge in [0.05, 0.1) is 0 Å². The monoisotopic (exact) mass is 303 g/mol. The summed E-state index contributed by atoms with van der Waals surface area (Å²) in [4.78, 5) is 3.87. The van der Waals surface area contributed by atoms with Gasteiger partial charge in [-0.15, -0.1) is 0 Å². The van der Waals surface area contributed by atoms with Crippen LogP contribution < -0.4 is 10.1 Å². The second-order valence-corrected chi connectivity index (χ2v) is 4.34. The molecule has 20 heavy (non-hydrogen) atoms. The van der Waals surface area contributed by atoms with E-state index in [1.807, 2.05) is 0 Å². The third-order valence-corrected chi connectivity index (χ3v) is 2.72.